The third-order valence-corrected chi connectivity index (χ3v) is 3.41. The topological polar surface area (TPSA) is 72.7 Å². The zero-order valence-corrected chi connectivity index (χ0v) is 10.7. The molecule has 19 heavy (non-hydrogen) atoms. The Bertz CT molecular complexity index is 576. The zero-order chi connectivity index (χ0) is 13.2. The van der Waals surface area contributed by atoms with Gasteiger partial charge in [0.1, 0.15) is 6.33 Å². The summed E-state index contributed by atoms with van der Waals surface area (Å²) in [5.74, 6) is 0.598. The number of benzene rings is 1. The van der Waals surface area contributed by atoms with Gasteiger partial charge in [-0.3, -0.25) is 4.79 Å². The molecule has 1 aromatic carbocycles. The highest BCUT2D eigenvalue weighted by Gasteiger charge is 2.29. The fourth-order valence-corrected chi connectivity index (χ4v) is 2.07. The maximum absolute atomic E-state index is 12.1. The monoisotopic (exact) mass is 257 g/mol. The van der Waals surface area contributed by atoms with Gasteiger partial charge in [-0.1, -0.05) is 6.07 Å². The van der Waals surface area contributed by atoms with Crippen molar-refractivity contribution in [2.45, 2.75) is 25.8 Å². The van der Waals surface area contributed by atoms with Crippen molar-refractivity contribution < 1.29 is 4.79 Å². The second kappa shape index (κ2) is 4.79. The van der Waals surface area contributed by atoms with Crippen LogP contribution in [-0.4, -0.2) is 32.2 Å². The molecule has 98 valence electrons. The lowest BCUT2D eigenvalue weighted by Gasteiger charge is -2.13. The van der Waals surface area contributed by atoms with Crippen molar-refractivity contribution in [2.75, 3.05) is 0 Å². The molecule has 1 unspecified atom stereocenters. The molecule has 1 aliphatic carbocycles. The van der Waals surface area contributed by atoms with Crippen LogP contribution >= 0.6 is 0 Å². The van der Waals surface area contributed by atoms with Crippen LogP contribution in [0.2, 0.25) is 0 Å². The Hall–Kier alpha value is -2.24. The lowest BCUT2D eigenvalue weighted by molar-refractivity contribution is 0.0936. The minimum atomic E-state index is -0.0469. The summed E-state index contributed by atoms with van der Waals surface area (Å²) in [6, 6.07) is 7.50. The zero-order valence-electron chi connectivity index (χ0n) is 10.7. The first kappa shape index (κ1) is 11.8. The second-order valence-corrected chi connectivity index (χ2v) is 4.90. The van der Waals surface area contributed by atoms with Crippen LogP contribution in [0.3, 0.4) is 0 Å². The van der Waals surface area contributed by atoms with Gasteiger partial charge in [-0.2, -0.15) is 0 Å². The molecule has 0 aliphatic heterocycles. The van der Waals surface area contributed by atoms with Gasteiger partial charge in [-0.15, -0.1) is 5.10 Å². The molecule has 0 saturated heterocycles. The van der Waals surface area contributed by atoms with E-state index in [0.717, 1.165) is 5.69 Å². The predicted octanol–water partition coefficient (Wildman–Crippen LogP) is 1.19. The molecule has 6 heteroatoms. The van der Waals surface area contributed by atoms with Gasteiger partial charge in [0.2, 0.25) is 0 Å². The summed E-state index contributed by atoms with van der Waals surface area (Å²) in [5, 5.41) is 14.0. The molecular weight excluding hydrogens is 242 g/mol. The van der Waals surface area contributed by atoms with Crippen molar-refractivity contribution >= 4 is 5.91 Å². The maximum Gasteiger partial charge on any atom is 0.251 e. The molecule has 0 radical (unpaired) electrons. The van der Waals surface area contributed by atoms with Gasteiger partial charge in [0.25, 0.3) is 5.91 Å². The Balaban J connectivity index is 1.77. The molecular formula is C13H15N5O. The van der Waals surface area contributed by atoms with Crippen molar-refractivity contribution in [3.63, 3.8) is 0 Å². The quantitative estimate of drug-likeness (QED) is 0.893. The first-order chi connectivity index (χ1) is 9.24. The molecule has 1 fully saturated rings. The molecule has 1 atom stereocenters. The van der Waals surface area contributed by atoms with Crippen LogP contribution in [0.5, 0.6) is 0 Å². The van der Waals surface area contributed by atoms with Crippen LogP contribution in [0.15, 0.2) is 30.6 Å². The van der Waals surface area contributed by atoms with Crippen molar-refractivity contribution in [3.05, 3.63) is 36.2 Å². The number of carbonyl (C=O) groups is 1. The maximum atomic E-state index is 12.1. The lowest BCUT2D eigenvalue weighted by atomic mass is 10.1. The van der Waals surface area contributed by atoms with E-state index in [1.54, 1.807) is 12.1 Å². The highest BCUT2D eigenvalue weighted by atomic mass is 16.1. The van der Waals surface area contributed by atoms with Crippen molar-refractivity contribution in [3.8, 4) is 5.69 Å². The van der Waals surface area contributed by atoms with Gasteiger partial charge in [0.05, 0.1) is 5.69 Å². The summed E-state index contributed by atoms with van der Waals surface area (Å²) in [4.78, 5) is 12.1. The molecule has 1 aliphatic rings. The Morgan fingerprint density at radius 2 is 2.32 bits per heavy atom. The summed E-state index contributed by atoms with van der Waals surface area (Å²) in [6.07, 6.45) is 3.93. The normalized spacial score (nSPS) is 16.1. The van der Waals surface area contributed by atoms with Crippen molar-refractivity contribution in [2.24, 2.45) is 5.92 Å². The van der Waals surface area contributed by atoms with Gasteiger partial charge in [-0.05, 0) is 54.3 Å². The lowest BCUT2D eigenvalue weighted by Crippen LogP contribution is -2.34. The Labute approximate surface area is 110 Å². The predicted molar refractivity (Wildman–Crippen MR) is 68.8 cm³/mol. The van der Waals surface area contributed by atoms with Gasteiger partial charge >= 0.3 is 0 Å². The van der Waals surface area contributed by atoms with Crippen LogP contribution < -0.4 is 5.32 Å². The van der Waals surface area contributed by atoms with Crippen molar-refractivity contribution in [1.29, 1.82) is 0 Å². The van der Waals surface area contributed by atoms with Gasteiger partial charge in [0, 0.05) is 11.6 Å². The van der Waals surface area contributed by atoms with Gasteiger partial charge in [-0.25, -0.2) is 4.68 Å². The molecule has 1 heterocycles. The van der Waals surface area contributed by atoms with E-state index in [-0.39, 0.29) is 11.9 Å². The smallest absolute Gasteiger partial charge is 0.251 e. The largest absolute Gasteiger partial charge is 0.349 e. The molecule has 1 amide bonds. The van der Waals surface area contributed by atoms with E-state index in [1.165, 1.54) is 23.9 Å². The summed E-state index contributed by atoms with van der Waals surface area (Å²) in [5.41, 5.74) is 1.40. The molecule has 1 aromatic heterocycles. The Morgan fingerprint density at radius 3 is 3.00 bits per heavy atom. The average Bonchev–Trinajstić information content (AvgIpc) is 3.14. The van der Waals surface area contributed by atoms with E-state index in [1.807, 2.05) is 12.1 Å². The minimum Gasteiger partial charge on any atom is -0.349 e. The summed E-state index contributed by atoms with van der Waals surface area (Å²) < 4.78 is 1.53. The number of tetrazole rings is 1. The third-order valence-electron chi connectivity index (χ3n) is 3.41. The van der Waals surface area contributed by atoms with E-state index in [4.69, 9.17) is 0 Å². The van der Waals surface area contributed by atoms with Gasteiger partial charge in [0.15, 0.2) is 0 Å². The molecule has 2 aromatic rings. The van der Waals surface area contributed by atoms with Gasteiger partial charge < -0.3 is 5.32 Å². The highest BCUT2D eigenvalue weighted by Crippen LogP contribution is 2.32. The number of aromatic nitrogens is 4. The average molecular weight is 257 g/mol. The van der Waals surface area contributed by atoms with E-state index in [2.05, 4.69) is 27.8 Å². The fraction of sp³-hybridized carbons (Fsp3) is 0.385. The summed E-state index contributed by atoms with van der Waals surface area (Å²) >= 11 is 0. The molecule has 3 rings (SSSR count). The summed E-state index contributed by atoms with van der Waals surface area (Å²) in [7, 11) is 0. The number of hydrogen-bond donors (Lipinski definition) is 1. The SMILES string of the molecule is CC(NC(=O)c1cccc(-n2cnnn2)c1)C1CC1. The Kier molecular flexibility index (Phi) is 2.98. The number of hydrogen-bond acceptors (Lipinski definition) is 4. The summed E-state index contributed by atoms with van der Waals surface area (Å²) in [6.45, 7) is 2.06. The molecule has 0 bridgehead atoms. The van der Waals surface area contributed by atoms with E-state index >= 15 is 0 Å². The van der Waals surface area contributed by atoms with E-state index < -0.39 is 0 Å². The first-order valence-corrected chi connectivity index (χ1v) is 6.38. The second-order valence-electron chi connectivity index (χ2n) is 4.90. The van der Waals surface area contributed by atoms with Crippen LogP contribution in [0.4, 0.5) is 0 Å². The Morgan fingerprint density at radius 1 is 1.47 bits per heavy atom. The standard InChI is InChI=1S/C13H15N5O/c1-9(10-5-6-10)15-13(19)11-3-2-4-12(7-11)18-8-14-16-17-18/h2-4,7-10H,5-6H2,1H3,(H,15,19). The van der Waals surface area contributed by atoms with Crippen molar-refractivity contribution in [1.82, 2.24) is 25.5 Å². The van der Waals surface area contributed by atoms with Crippen LogP contribution in [0.25, 0.3) is 5.69 Å². The number of nitrogens with zero attached hydrogens (tertiary/aromatic N) is 4. The number of carbonyl (C=O) groups excluding carboxylic acids is 1. The third kappa shape index (κ3) is 2.62. The molecule has 1 N–H and O–H groups in total. The number of nitrogens with one attached hydrogen (secondary N) is 1. The van der Waals surface area contributed by atoms with Crippen LogP contribution in [-0.2, 0) is 0 Å². The molecule has 6 nitrogen and oxygen atoms in total. The minimum absolute atomic E-state index is 0.0469. The fourth-order valence-electron chi connectivity index (χ4n) is 2.07. The highest BCUT2D eigenvalue weighted by molar-refractivity contribution is 5.94. The molecule has 1 saturated carbocycles. The number of rotatable bonds is 4. The van der Waals surface area contributed by atoms with Crippen LogP contribution in [0, 0.1) is 5.92 Å². The first-order valence-electron chi connectivity index (χ1n) is 6.38. The van der Waals surface area contributed by atoms with E-state index in [0.29, 0.717) is 11.5 Å². The number of amides is 1. The van der Waals surface area contributed by atoms with E-state index in [9.17, 15) is 4.79 Å². The molecule has 0 spiro atoms. The van der Waals surface area contributed by atoms with Crippen LogP contribution in [0.1, 0.15) is 30.1 Å².